The van der Waals surface area contributed by atoms with Gasteiger partial charge in [-0.25, -0.2) is 0 Å². The van der Waals surface area contributed by atoms with Crippen LogP contribution in [0.2, 0.25) is 0 Å². The first-order chi connectivity index (χ1) is 15.7. The van der Waals surface area contributed by atoms with Gasteiger partial charge >= 0.3 is 0 Å². The molecule has 0 bridgehead atoms. The molecule has 5 rings (SSSR count). The third-order valence-corrected chi connectivity index (χ3v) is 6.50. The maximum atomic E-state index is 12.9. The molecule has 3 aliphatic rings. The summed E-state index contributed by atoms with van der Waals surface area (Å²) in [4.78, 5) is 25.4. The van der Waals surface area contributed by atoms with Crippen LogP contribution in [0.5, 0.6) is 11.5 Å². The lowest BCUT2D eigenvalue weighted by atomic mass is 10.0. The smallest absolute Gasteiger partial charge is 0.251 e. The third-order valence-electron chi connectivity index (χ3n) is 6.50. The summed E-state index contributed by atoms with van der Waals surface area (Å²) in [7, 11) is 0. The number of fused-ring (bicyclic) bond motifs is 1. The third kappa shape index (κ3) is 4.49. The molecule has 168 valence electrons. The molecule has 1 saturated carbocycles. The Bertz CT molecular complexity index is 960. The molecule has 2 amide bonds. The van der Waals surface area contributed by atoms with E-state index in [1.807, 2.05) is 36.4 Å². The van der Waals surface area contributed by atoms with E-state index in [9.17, 15) is 9.59 Å². The van der Waals surface area contributed by atoms with Crippen molar-refractivity contribution in [2.24, 2.45) is 5.92 Å². The molecular formula is C25H28N2O5. The summed E-state index contributed by atoms with van der Waals surface area (Å²) >= 11 is 0. The largest absolute Gasteiger partial charge is 0.457 e. The highest BCUT2D eigenvalue weighted by molar-refractivity contribution is 5.94. The van der Waals surface area contributed by atoms with Crippen molar-refractivity contribution in [3.63, 3.8) is 0 Å². The van der Waals surface area contributed by atoms with E-state index >= 15 is 0 Å². The van der Waals surface area contributed by atoms with Gasteiger partial charge in [0.25, 0.3) is 5.91 Å². The fourth-order valence-electron chi connectivity index (χ4n) is 4.81. The molecule has 7 heteroatoms. The minimum Gasteiger partial charge on any atom is -0.457 e. The SMILES string of the molecule is O=C(N[C@H]1CO[C@H]2[C@@H]1OC[C@@H]2NC(=O)C1CCCC1)c1cccc(Oc2ccccc2)c1. The molecule has 2 aromatic rings. The van der Waals surface area contributed by atoms with E-state index in [2.05, 4.69) is 10.6 Å². The van der Waals surface area contributed by atoms with E-state index in [0.29, 0.717) is 30.3 Å². The summed E-state index contributed by atoms with van der Waals surface area (Å²) in [6, 6.07) is 16.1. The fourth-order valence-corrected chi connectivity index (χ4v) is 4.81. The van der Waals surface area contributed by atoms with Gasteiger partial charge in [0.1, 0.15) is 23.7 Å². The molecule has 3 fully saturated rings. The monoisotopic (exact) mass is 436 g/mol. The van der Waals surface area contributed by atoms with Gasteiger partial charge in [-0.3, -0.25) is 9.59 Å². The van der Waals surface area contributed by atoms with Crippen LogP contribution >= 0.6 is 0 Å². The van der Waals surface area contributed by atoms with E-state index < -0.39 is 0 Å². The van der Waals surface area contributed by atoms with Crippen LogP contribution in [0.1, 0.15) is 36.0 Å². The summed E-state index contributed by atoms with van der Waals surface area (Å²) in [5.41, 5.74) is 0.506. The predicted molar refractivity (Wildman–Crippen MR) is 118 cm³/mol. The van der Waals surface area contributed by atoms with Gasteiger partial charge in [-0.15, -0.1) is 0 Å². The first-order valence-corrected chi connectivity index (χ1v) is 11.3. The van der Waals surface area contributed by atoms with Gasteiger partial charge in [0.05, 0.1) is 25.3 Å². The summed E-state index contributed by atoms with van der Waals surface area (Å²) in [5.74, 6) is 1.30. The lowest BCUT2D eigenvalue weighted by Gasteiger charge is -2.20. The lowest BCUT2D eigenvalue weighted by molar-refractivity contribution is -0.126. The van der Waals surface area contributed by atoms with Crippen LogP contribution in [0.25, 0.3) is 0 Å². The van der Waals surface area contributed by atoms with Crippen LogP contribution in [-0.4, -0.2) is 49.3 Å². The van der Waals surface area contributed by atoms with Gasteiger partial charge in [-0.05, 0) is 43.2 Å². The number of hydrogen-bond acceptors (Lipinski definition) is 5. The van der Waals surface area contributed by atoms with Gasteiger partial charge in [-0.2, -0.15) is 0 Å². The Morgan fingerprint density at radius 1 is 0.812 bits per heavy atom. The molecule has 4 atom stereocenters. The molecule has 2 heterocycles. The second-order valence-electron chi connectivity index (χ2n) is 8.72. The number of benzene rings is 2. The Hall–Kier alpha value is -2.90. The quantitative estimate of drug-likeness (QED) is 0.727. The van der Waals surface area contributed by atoms with Crippen molar-refractivity contribution < 1.29 is 23.8 Å². The van der Waals surface area contributed by atoms with Crippen LogP contribution in [0.4, 0.5) is 0 Å². The van der Waals surface area contributed by atoms with E-state index in [1.54, 1.807) is 18.2 Å². The summed E-state index contributed by atoms with van der Waals surface area (Å²) in [6.07, 6.45) is 3.65. The molecule has 0 unspecified atom stereocenters. The van der Waals surface area contributed by atoms with Gasteiger partial charge in [0.2, 0.25) is 5.91 Å². The highest BCUT2D eigenvalue weighted by Gasteiger charge is 2.49. The van der Waals surface area contributed by atoms with Gasteiger partial charge in [0, 0.05) is 11.5 Å². The van der Waals surface area contributed by atoms with Gasteiger partial charge in [-0.1, -0.05) is 37.1 Å². The molecule has 0 radical (unpaired) electrons. The summed E-state index contributed by atoms with van der Waals surface area (Å²) < 4.78 is 17.7. The average Bonchev–Trinajstić information content (AvgIpc) is 3.55. The standard InChI is InChI=1S/C25H28N2O5/c28-24(16-7-4-5-8-16)26-20-14-30-23-21(15-31-22(20)23)27-25(29)17-9-6-12-19(13-17)32-18-10-2-1-3-11-18/h1-3,6,9-13,16,20-23H,4-5,7-8,14-15H2,(H,26,28)(H,27,29)/t20-,21-,22+,23+/m0/s1. The molecule has 0 spiro atoms. The minimum atomic E-state index is -0.267. The topological polar surface area (TPSA) is 85.9 Å². The van der Waals surface area contributed by atoms with Crippen molar-refractivity contribution in [3.8, 4) is 11.5 Å². The first-order valence-electron chi connectivity index (χ1n) is 11.3. The highest BCUT2D eigenvalue weighted by atomic mass is 16.6. The average molecular weight is 437 g/mol. The van der Waals surface area contributed by atoms with E-state index in [4.69, 9.17) is 14.2 Å². The highest BCUT2D eigenvalue weighted by Crippen LogP contribution is 2.30. The second kappa shape index (κ2) is 9.30. The number of para-hydroxylation sites is 1. The van der Waals surface area contributed by atoms with Gasteiger partial charge < -0.3 is 24.8 Å². The summed E-state index contributed by atoms with van der Waals surface area (Å²) in [5, 5.41) is 6.14. The Morgan fingerprint density at radius 2 is 1.47 bits per heavy atom. The van der Waals surface area contributed by atoms with Crippen molar-refractivity contribution in [1.82, 2.24) is 10.6 Å². The zero-order valence-corrected chi connectivity index (χ0v) is 17.9. The number of amides is 2. The molecule has 2 N–H and O–H groups in total. The number of carbonyl (C=O) groups is 2. The number of ether oxygens (including phenoxy) is 3. The molecule has 2 saturated heterocycles. The van der Waals surface area contributed by atoms with Crippen molar-refractivity contribution in [2.45, 2.75) is 50.0 Å². The van der Waals surface area contributed by atoms with Gasteiger partial charge in [0.15, 0.2) is 0 Å². The lowest BCUT2D eigenvalue weighted by Crippen LogP contribution is -2.47. The maximum Gasteiger partial charge on any atom is 0.251 e. The Kier molecular flexibility index (Phi) is 6.10. The molecular weight excluding hydrogens is 408 g/mol. The Balaban J connectivity index is 1.18. The molecule has 7 nitrogen and oxygen atoms in total. The van der Waals surface area contributed by atoms with Crippen molar-refractivity contribution >= 4 is 11.8 Å². The van der Waals surface area contributed by atoms with E-state index in [-0.39, 0.29) is 42.0 Å². The molecule has 2 aliphatic heterocycles. The Morgan fingerprint density at radius 3 is 2.19 bits per heavy atom. The zero-order valence-electron chi connectivity index (χ0n) is 17.9. The van der Waals surface area contributed by atoms with E-state index in [1.165, 1.54) is 0 Å². The van der Waals surface area contributed by atoms with Crippen LogP contribution in [-0.2, 0) is 14.3 Å². The van der Waals surface area contributed by atoms with Crippen LogP contribution < -0.4 is 15.4 Å². The Labute approximate surface area is 187 Å². The van der Waals surface area contributed by atoms with Crippen LogP contribution in [0.3, 0.4) is 0 Å². The van der Waals surface area contributed by atoms with Crippen LogP contribution in [0, 0.1) is 5.92 Å². The molecule has 1 aliphatic carbocycles. The predicted octanol–water partition coefficient (Wildman–Crippen LogP) is 3.05. The number of nitrogens with one attached hydrogen (secondary N) is 2. The number of carbonyl (C=O) groups excluding carboxylic acids is 2. The van der Waals surface area contributed by atoms with Crippen molar-refractivity contribution in [2.75, 3.05) is 13.2 Å². The maximum absolute atomic E-state index is 12.9. The molecule has 0 aromatic heterocycles. The van der Waals surface area contributed by atoms with Crippen molar-refractivity contribution in [1.29, 1.82) is 0 Å². The first kappa shape index (κ1) is 21.0. The number of hydrogen-bond donors (Lipinski definition) is 2. The molecule has 2 aromatic carbocycles. The minimum absolute atomic E-state index is 0.100. The van der Waals surface area contributed by atoms with E-state index in [0.717, 1.165) is 25.7 Å². The van der Waals surface area contributed by atoms with Crippen molar-refractivity contribution in [3.05, 3.63) is 60.2 Å². The summed E-state index contributed by atoms with van der Waals surface area (Å²) in [6.45, 7) is 0.762. The number of rotatable bonds is 6. The molecule has 32 heavy (non-hydrogen) atoms. The van der Waals surface area contributed by atoms with Crippen LogP contribution in [0.15, 0.2) is 54.6 Å². The normalized spacial score (nSPS) is 27.1. The second-order valence-corrected chi connectivity index (χ2v) is 8.72. The zero-order chi connectivity index (χ0) is 21.9. The fraction of sp³-hybridized carbons (Fsp3) is 0.440.